The van der Waals surface area contributed by atoms with Crippen LogP contribution in [0, 0.1) is 5.82 Å². The second-order valence-electron chi connectivity index (χ2n) is 4.29. The molecule has 0 fully saturated rings. The van der Waals surface area contributed by atoms with Gasteiger partial charge in [0.05, 0.1) is 5.69 Å². The van der Waals surface area contributed by atoms with Gasteiger partial charge in [-0.3, -0.25) is 0 Å². The first-order valence-electron chi connectivity index (χ1n) is 5.97. The van der Waals surface area contributed by atoms with Crippen molar-refractivity contribution in [1.82, 2.24) is 0 Å². The Morgan fingerprint density at radius 2 is 1.86 bits per heavy atom. The van der Waals surface area contributed by atoms with Crippen molar-refractivity contribution in [2.45, 2.75) is 12.9 Å². The van der Waals surface area contributed by atoms with Crippen molar-refractivity contribution in [1.29, 1.82) is 0 Å². The van der Waals surface area contributed by atoms with Crippen molar-refractivity contribution < 1.29 is 22.3 Å². The summed E-state index contributed by atoms with van der Waals surface area (Å²) in [4.78, 5) is 0. The summed E-state index contributed by atoms with van der Waals surface area (Å²) in [5, 5.41) is 2.88. The first-order valence-corrected chi connectivity index (χ1v) is 5.97. The molecule has 0 unspecified atom stereocenters. The van der Waals surface area contributed by atoms with Crippen LogP contribution in [0.15, 0.2) is 42.5 Å². The lowest BCUT2D eigenvalue weighted by Crippen LogP contribution is -2.17. The van der Waals surface area contributed by atoms with Crippen LogP contribution in [0.2, 0.25) is 0 Å². The monoisotopic (exact) mass is 300 g/mol. The highest BCUT2D eigenvalue weighted by atomic mass is 19.4. The molecule has 112 valence electrons. The normalized spacial score (nSPS) is 11.2. The summed E-state index contributed by atoms with van der Waals surface area (Å²) in [6.45, 7) is 0.243. The average molecular weight is 300 g/mol. The second kappa shape index (κ2) is 5.90. The van der Waals surface area contributed by atoms with Crippen LogP contribution in [0.3, 0.4) is 0 Å². The minimum absolute atomic E-state index is 0.0410. The molecular weight excluding hydrogens is 288 g/mol. The Hall–Kier alpha value is -2.44. The summed E-state index contributed by atoms with van der Waals surface area (Å²) >= 11 is 0. The van der Waals surface area contributed by atoms with Gasteiger partial charge in [0.2, 0.25) is 0 Å². The number of halogens is 4. The molecule has 0 radical (unpaired) electrons. The van der Waals surface area contributed by atoms with Crippen LogP contribution in [-0.2, 0) is 6.54 Å². The Morgan fingerprint density at radius 1 is 1.10 bits per heavy atom. The molecule has 2 aromatic rings. The first kappa shape index (κ1) is 15.0. The predicted octanol–water partition coefficient (Wildman–Crippen LogP) is 3.92. The number of alkyl halides is 3. The fourth-order valence-electron chi connectivity index (χ4n) is 1.69. The highest BCUT2D eigenvalue weighted by molar-refractivity contribution is 5.49. The van der Waals surface area contributed by atoms with Gasteiger partial charge in [0, 0.05) is 18.3 Å². The van der Waals surface area contributed by atoms with Crippen molar-refractivity contribution in [3.8, 4) is 5.75 Å². The molecule has 2 rings (SSSR count). The maximum Gasteiger partial charge on any atom is 0.573 e. The molecule has 7 heteroatoms. The zero-order chi connectivity index (χ0) is 15.5. The van der Waals surface area contributed by atoms with Gasteiger partial charge in [0.1, 0.15) is 11.6 Å². The van der Waals surface area contributed by atoms with Gasteiger partial charge >= 0.3 is 6.36 Å². The Bertz CT molecular complexity index is 629. The maximum atomic E-state index is 13.3. The van der Waals surface area contributed by atoms with Gasteiger partial charge < -0.3 is 15.8 Å². The largest absolute Gasteiger partial charge is 0.573 e. The fourth-order valence-corrected chi connectivity index (χ4v) is 1.69. The molecule has 0 aliphatic heterocycles. The minimum Gasteiger partial charge on any atom is -0.406 e. The molecule has 0 aliphatic rings. The summed E-state index contributed by atoms with van der Waals surface area (Å²) in [5.74, 6) is -0.862. The predicted molar refractivity (Wildman–Crippen MR) is 71.3 cm³/mol. The molecule has 3 nitrogen and oxygen atoms in total. The molecule has 0 amide bonds. The third-order valence-electron chi connectivity index (χ3n) is 2.63. The Morgan fingerprint density at radius 3 is 2.52 bits per heavy atom. The van der Waals surface area contributed by atoms with E-state index in [4.69, 9.17) is 5.73 Å². The SMILES string of the molecule is Nc1ccc(CNc2cccc(OC(F)(F)F)c2)cc1F. The van der Waals surface area contributed by atoms with E-state index >= 15 is 0 Å². The lowest BCUT2D eigenvalue weighted by molar-refractivity contribution is -0.274. The molecule has 0 heterocycles. The number of nitrogens with two attached hydrogens (primary N) is 1. The Kier molecular flexibility index (Phi) is 4.21. The summed E-state index contributed by atoms with van der Waals surface area (Å²) in [6, 6.07) is 9.72. The number of hydrogen-bond donors (Lipinski definition) is 2. The van der Waals surface area contributed by atoms with Crippen LogP contribution >= 0.6 is 0 Å². The summed E-state index contributed by atoms with van der Waals surface area (Å²) in [6.07, 6.45) is -4.74. The molecule has 0 spiro atoms. The smallest absolute Gasteiger partial charge is 0.406 e. The number of benzene rings is 2. The van der Waals surface area contributed by atoms with E-state index < -0.39 is 12.2 Å². The molecule has 0 saturated carbocycles. The van der Waals surface area contributed by atoms with Crippen LogP contribution < -0.4 is 15.8 Å². The molecule has 0 bridgehead atoms. The van der Waals surface area contributed by atoms with Crippen LogP contribution in [0.4, 0.5) is 28.9 Å². The summed E-state index contributed by atoms with van der Waals surface area (Å²) in [7, 11) is 0. The third kappa shape index (κ3) is 4.55. The van der Waals surface area contributed by atoms with Crippen molar-refractivity contribution in [2.75, 3.05) is 11.1 Å². The van der Waals surface area contributed by atoms with E-state index in [0.717, 1.165) is 0 Å². The van der Waals surface area contributed by atoms with Crippen molar-refractivity contribution in [2.24, 2.45) is 0 Å². The molecule has 3 N–H and O–H groups in total. The average Bonchev–Trinajstić information content (AvgIpc) is 2.39. The van der Waals surface area contributed by atoms with Gasteiger partial charge in [-0.25, -0.2) is 4.39 Å². The second-order valence-corrected chi connectivity index (χ2v) is 4.29. The molecule has 21 heavy (non-hydrogen) atoms. The van der Waals surface area contributed by atoms with E-state index in [0.29, 0.717) is 11.3 Å². The number of rotatable bonds is 4. The molecular formula is C14H12F4N2O. The highest BCUT2D eigenvalue weighted by Gasteiger charge is 2.31. The Labute approximate surface area is 118 Å². The van der Waals surface area contributed by atoms with Crippen molar-refractivity contribution in [3.63, 3.8) is 0 Å². The number of hydrogen-bond acceptors (Lipinski definition) is 3. The van der Waals surface area contributed by atoms with Crippen LogP contribution in [0.5, 0.6) is 5.75 Å². The molecule has 0 aliphatic carbocycles. The number of nitrogens with one attached hydrogen (secondary N) is 1. The fraction of sp³-hybridized carbons (Fsp3) is 0.143. The molecule has 0 aromatic heterocycles. The van der Waals surface area contributed by atoms with Crippen molar-refractivity contribution in [3.05, 3.63) is 53.8 Å². The maximum absolute atomic E-state index is 13.3. The van der Waals surface area contributed by atoms with Gasteiger partial charge in [-0.15, -0.1) is 13.2 Å². The zero-order valence-electron chi connectivity index (χ0n) is 10.7. The van der Waals surface area contributed by atoms with E-state index in [1.807, 2.05) is 0 Å². The first-order chi connectivity index (χ1) is 9.83. The van der Waals surface area contributed by atoms with E-state index in [9.17, 15) is 17.6 Å². The summed E-state index contributed by atoms with van der Waals surface area (Å²) < 4.78 is 53.4. The van der Waals surface area contributed by atoms with E-state index in [1.165, 1.54) is 30.3 Å². The number of anilines is 2. The standard InChI is InChI=1S/C14H12F4N2O/c15-12-6-9(4-5-13(12)19)8-20-10-2-1-3-11(7-10)21-14(16,17)18/h1-7,20H,8,19H2. The van der Waals surface area contributed by atoms with Crippen LogP contribution in [-0.4, -0.2) is 6.36 Å². The quantitative estimate of drug-likeness (QED) is 0.664. The van der Waals surface area contributed by atoms with Gasteiger partial charge in [-0.05, 0) is 29.8 Å². The number of nitrogen functional groups attached to an aromatic ring is 1. The lowest BCUT2D eigenvalue weighted by Gasteiger charge is -2.11. The minimum atomic E-state index is -4.74. The van der Waals surface area contributed by atoms with Crippen LogP contribution in [0.25, 0.3) is 0 Å². The summed E-state index contributed by atoms with van der Waals surface area (Å²) in [5.41, 5.74) is 6.44. The lowest BCUT2D eigenvalue weighted by atomic mass is 10.2. The Balaban J connectivity index is 2.03. The molecule has 2 aromatic carbocycles. The third-order valence-corrected chi connectivity index (χ3v) is 2.63. The van der Waals surface area contributed by atoms with Gasteiger partial charge in [0.15, 0.2) is 0 Å². The molecule has 0 saturated heterocycles. The van der Waals surface area contributed by atoms with E-state index in [-0.39, 0.29) is 18.0 Å². The zero-order valence-corrected chi connectivity index (χ0v) is 10.7. The van der Waals surface area contributed by atoms with Crippen LogP contribution in [0.1, 0.15) is 5.56 Å². The number of ether oxygens (including phenoxy) is 1. The van der Waals surface area contributed by atoms with Gasteiger partial charge in [0.25, 0.3) is 0 Å². The van der Waals surface area contributed by atoms with Crippen molar-refractivity contribution >= 4 is 11.4 Å². The van der Waals surface area contributed by atoms with E-state index in [1.54, 1.807) is 12.1 Å². The molecule has 0 atom stereocenters. The topological polar surface area (TPSA) is 47.3 Å². The van der Waals surface area contributed by atoms with Gasteiger partial charge in [-0.1, -0.05) is 12.1 Å². The van der Waals surface area contributed by atoms with E-state index in [2.05, 4.69) is 10.1 Å². The highest BCUT2D eigenvalue weighted by Crippen LogP contribution is 2.25. The van der Waals surface area contributed by atoms with Gasteiger partial charge in [-0.2, -0.15) is 0 Å².